The lowest BCUT2D eigenvalue weighted by molar-refractivity contribution is -0.150. The number of nitrogens with zero attached hydrogens (tertiary/aromatic N) is 4. The number of imide groups is 1. The molecule has 6 amide bonds. The van der Waals surface area contributed by atoms with Gasteiger partial charge in [0.25, 0.3) is 5.91 Å². The number of urea groups is 2. The summed E-state index contributed by atoms with van der Waals surface area (Å²) in [6.45, 7) is 1.83. The summed E-state index contributed by atoms with van der Waals surface area (Å²) in [7, 11) is 2.70. The van der Waals surface area contributed by atoms with Crippen molar-refractivity contribution in [1.29, 1.82) is 0 Å². The van der Waals surface area contributed by atoms with Gasteiger partial charge in [-0.2, -0.15) is 0 Å². The maximum absolute atomic E-state index is 13.0. The molecule has 16 heteroatoms. The number of carboxylic acid groups (broad SMARTS) is 1. The number of carboxylic acids is 1. The van der Waals surface area contributed by atoms with E-state index in [-0.39, 0.29) is 12.1 Å². The van der Waals surface area contributed by atoms with Crippen molar-refractivity contribution < 1.29 is 29.1 Å². The zero-order valence-corrected chi connectivity index (χ0v) is 23.5. The summed E-state index contributed by atoms with van der Waals surface area (Å²) in [4.78, 5) is 64.1. The van der Waals surface area contributed by atoms with Crippen molar-refractivity contribution in [3.8, 4) is 0 Å². The fraction of sp³-hybridized carbons (Fsp3) is 0.348. The van der Waals surface area contributed by atoms with Crippen LogP contribution in [0, 0.1) is 6.92 Å². The van der Waals surface area contributed by atoms with Gasteiger partial charge in [-0.05, 0) is 24.1 Å². The molecule has 0 aliphatic carbocycles. The number of anilines is 1. The zero-order valence-electron chi connectivity index (χ0n) is 21.1. The van der Waals surface area contributed by atoms with E-state index < -0.39 is 41.3 Å². The Balaban J connectivity index is 1.40. The molecule has 0 bridgehead atoms. The Morgan fingerprint density at radius 3 is 2.62 bits per heavy atom. The third-order valence-electron chi connectivity index (χ3n) is 5.88. The number of aliphatic carboxylic acids is 1. The Hall–Kier alpha value is -3.63. The van der Waals surface area contributed by atoms with Gasteiger partial charge in [-0.3, -0.25) is 14.5 Å². The highest BCUT2D eigenvalue weighted by molar-refractivity contribution is 8.01. The molecule has 2 atom stereocenters. The second-order valence-corrected chi connectivity index (χ2v) is 12.0. The Bertz CT molecular complexity index is 1360. The highest BCUT2D eigenvalue weighted by Gasteiger charge is 2.54. The Labute approximate surface area is 235 Å². The van der Waals surface area contributed by atoms with Crippen LogP contribution in [0.15, 0.2) is 39.9 Å². The van der Waals surface area contributed by atoms with Crippen LogP contribution in [0.3, 0.4) is 0 Å². The van der Waals surface area contributed by atoms with Crippen molar-refractivity contribution in [2.75, 3.05) is 30.9 Å². The minimum absolute atomic E-state index is 0.0590. The molecule has 1 fully saturated rings. The van der Waals surface area contributed by atoms with Gasteiger partial charge in [-0.1, -0.05) is 41.3 Å². The second-order valence-electron chi connectivity index (χ2n) is 8.47. The lowest BCUT2D eigenvalue weighted by Crippen LogP contribution is -2.70. The fourth-order valence-electron chi connectivity index (χ4n) is 3.93. The van der Waals surface area contributed by atoms with Crippen molar-refractivity contribution in [3.63, 3.8) is 0 Å². The molecular weight excluding hydrogens is 566 g/mol. The summed E-state index contributed by atoms with van der Waals surface area (Å²) in [5.41, 5.74) is 1.36. The van der Waals surface area contributed by atoms with Crippen molar-refractivity contribution >= 4 is 70.4 Å². The van der Waals surface area contributed by atoms with Crippen LogP contribution in [-0.2, 0) is 20.8 Å². The van der Waals surface area contributed by atoms with E-state index in [1.165, 1.54) is 53.9 Å². The number of para-hydroxylation sites is 1. The molecule has 2 aromatic rings. The molecule has 1 saturated heterocycles. The SMILES string of the molecule is CNC(=O)N(C)C(=O)Nc1ccccc1CC(=O)NC1C(=O)N2C(C(=O)O)=C(CSc3nnc(C)s3)CSC12. The molecule has 39 heavy (non-hydrogen) atoms. The maximum atomic E-state index is 13.0. The number of carbonyl (C=O) groups is 5. The van der Waals surface area contributed by atoms with E-state index in [9.17, 15) is 29.1 Å². The third kappa shape index (κ3) is 6.17. The molecule has 3 heterocycles. The first-order valence-corrected chi connectivity index (χ1v) is 14.4. The molecule has 0 saturated carbocycles. The standard InChI is InChI=1S/C23H25N7O6S3/c1-11-27-28-23(39-11)38-10-13-9-37-19-16(18(32)30(19)17(13)20(33)34)26-15(31)8-12-6-4-5-7-14(12)25-22(36)29(3)21(35)24-2/h4-7,16,19H,8-10H2,1-3H3,(H,24,35)(H,25,36)(H,26,31)(H,33,34). The molecule has 2 aliphatic heterocycles. The van der Waals surface area contributed by atoms with Gasteiger partial charge in [-0.15, -0.1) is 22.0 Å². The van der Waals surface area contributed by atoms with Gasteiger partial charge in [-0.25, -0.2) is 19.3 Å². The summed E-state index contributed by atoms with van der Waals surface area (Å²) in [5, 5.41) is 25.8. The average molecular weight is 592 g/mol. The smallest absolute Gasteiger partial charge is 0.352 e. The lowest BCUT2D eigenvalue weighted by Gasteiger charge is -2.49. The van der Waals surface area contributed by atoms with E-state index in [4.69, 9.17) is 0 Å². The van der Waals surface area contributed by atoms with Gasteiger partial charge in [0.2, 0.25) is 5.91 Å². The van der Waals surface area contributed by atoms with Crippen LogP contribution in [0.5, 0.6) is 0 Å². The summed E-state index contributed by atoms with van der Waals surface area (Å²) in [6, 6.07) is 4.44. The Kier molecular flexibility index (Phi) is 8.76. The van der Waals surface area contributed by atoms with Crippen molar-refractivity contribution in [2.45, 2.75) is 29.1 Å². The predicted molar refractivity (Wildman–Crippen MR) is 146 cm³/mol. The van der Waals surface area contributed by atoms with E-state index in [0.717, 1.165) is 9.91 Å². The minimum atomic E-state index is -1.20. The van der Waals surface area contributed by atoms with E-state index in [1.54, 1.807) is 24.3 Å². The van der Waals surface area contributed by atoms with E-state index in [2.05, 4.69) is 26.1 Å². The summed E-state index contributed by atoms with van der Waals surface area (Å²) in [5.74, 6) is -1.42. The van der Waals surface area contributed by atoms with Crippen LogP contribution < -0.4 is 16.0 Å². The number of fused-ring (bicyclic) bond motifs is 1. The van der Waals surface area contributed by atoms with Crippen LogP contribution in [0.2, 0.25) is 0 Å². The monoisotopic (exact) mass is 591 g/mol. The Morgan fingerprint density at radius 2 is 1.95 bits per heavy atom. The van der Waals surface area contributed by atoms with E-state index in [1.807, 2.05) is 6.92 Å². The molecule has 1 aromatic carbocycles. The number of hydrogen-bond acceptors (Lipinski definition) is 10. The summed E-state index contributed by atoms with van der Waals surface area (Å²) in [6.07, 6.45) is -0.147. The number of aryl methyl sites for hydroxylation is 1. The van der Waals surface area contributed by atoms with Crippen LogP contribution in [0.4, 0.5) is 15.3 Å². The number of amides is 6. The second kappa shape index (κ2) is 12.0. The van der Waals surface area contributed by atoms with Crippen molar-refractivity contribution in [1.82, 2.24) is 30.6 Å². The van der Waals surface area contributed by atoms with Gasteiger partial charge < -0.3 is 21.1 Å². The lowest BCUT2D eigenvalue weighted by atomic mass is 10.0. The number of thioether (sulfide) groups is 2. The quantitative estimate of drug-likeness (QED) is 0.261. The first-order valence-electron chi connectivity index (χ1n) is 11.6. The van der Waals surface area contributed by atoms with Crippen LogP contribution in [-0.4, -0.2) is 92.0 Å². The molecule has 2 unspecified atom stereocenters. The average Bonchev–Trinajstić information content (AvgIpc) is 3.34. The fourth-order valence-corrected chi connectivity index (χ4v) is 7.23. The highest BCUT2D eigenvalue weighted by atomic mass is 32.2. The molecule has 0 radical (unpaired) electrons. The van der Waals surface area contributed by atoms with Crippen LogP contribution in [0.25, 0.3) is 0 Å². The van der Waals surface area contributed by atoms with E-state index in [0.29, 0.717) is 32.7 Å². The first kappa shape index (κ1) is 28.4. The van der Waals surface area contributed by atoms with Crippen LogP contribution >= 0.6 is 34.9 Å². The molecule has 2 aliphatic rings. The molecular formula is C23H25N7O6S3. The number of rotatable bonds is 8. The molecule has 1 aromatic heterocycles. The number of hydrogen-bond donors (Lipinski definition) is 4. The van der Waals surface area contributed by atoms with Crippen molar-refractivity contribution in [3.05, 3.63) is 46.1 Å². The minimum Gasteiger partial charge on any atom is -0.477 e. The topological polar surface area (TPSA) is 174 Å². The maximum Gasteiger partial charge on any atom is 0.352 e. The molecule has 206 valence electrons. The van der Waals surface area contributed by atoms with Crippen molar-refractivity contribution in [2.24, 2.45) is 0 Å². The van der Waals surface area contributed by atoms with Gasteiger partial charge in [0.05, 0.1) is 6.42 Å². The number of benzene rings is 1. The number of nitrogens with one attached hydrogen (secondary N) is 3. The summed E-state index contributed by atoms with van der Waals surface area (Å²) < 4.78 is 0.716. The van der Waals surface area contributed by atoms with Gasteiger partial charge in [0, 0.05) is 31.3 Å². The molecule has 13 nitrogen and oxygen atoms in total. The molecule has 4 rings (SSSR count). The van der Waals surface area contributed by atoms with E-state index >= 15 is 0 Å². The van der Waals surface area contributed by atoms with Crippen LogP contribution in [0.1, 0.15) is 10.6 Å². The Morgan fingerprint density at radius 1 is 1.21 bits per heavy atom. The normalized spacial score (nSPS) is 18.1. The highest BCUT2D eigenvalue weighted by Crippen LogP contribution is 2.41. The number of β-lactam (4-membered cyclic amide) rings is 1. The molecule has 0 spiro atoms. The predicted octanol–water partition coefficient (Wildman–Crippen LogP) is 1.72. The largest absolute Gasteiger partial charge is 0.477 e. The van der Waals surface area contributed by atoms with Gasteiger partial charge in [0.15, 0.2) is 4.34 Å². The number of aromatic nitrogens is 2. The number of carbonyl (C=O) groups excluding carboxylic acids is 4. The van der Waals surface area contributed by atoms with Gasteiger partial charge in [0.1, 0.15) is 22.1 Å². The summed E-state index contributed by atoms with van der Waals surface area (Å²) >= 11 is 4.16. The third-order valence-corrected chi connectivity index (χ3v) is 9.27. The first-order chi connectivity index (χ1) is 18.6. The zero-order chi connectivity index (χ0) is 28.3. The molecule has 4 N–H and O–H groups in total. The van der Waals surface area contributed by atoms with Gasteiger partial charge >= 0.3 is 18.0 Å².